The molecule has 0 saturated carbocycles. The lowest BCUT2D eigenvalue weighted by atomic mass is 10.2. The van der Waals surface area contributed by atoms with Crippen molar-refractivity contribution in [2.45, 2.75) is 25.3 Å². The van der Waals surface area contributed by atoms with Crippen molar-refractivity contribution in [1.82, 2.24) is 10.2 Å². The van der Waals surface area contributed by atoms with Gasteiger partial charge in [-0.05, 0) is 37.5 Å². The van der Waals surface area contributed by atoms with E-state index in [9.17, 15) is 14.0 Å². The van der Waals surface area contributed by atoms with E-state index >= 15 is 0 Å². The fourth-order valence-corrected chi connectivity index (χ4v) is 4.42. The SMILES string of the molecule is O=C(NCC1CCCN1C(=O)C1=CCCS1)c1cc(F)cc(Br)c1. The third kappa shape index (κ3) is 4.00. The lowest BCUT2D eigenvalue weighted by molar-refractivity contribution is -0.127. The number of nitrogens with one attached hydrogen (secondary N) is 1. The number of carbonyl (C=O) groups is 2. The van der Waals surface area contributed by atoms with Crippen LogP contribution in [-0.2, 0) is 4.79 Å². The number of likely N-dealkylation sites (tertiary alicyclic amines) is 1. The van der Waals surface area contributed by atoms with Gasteiger partial charge in [0.05, 0.1) is 4.91 Å². The Labute approximate surface area is 153 Å². The third-order valence-electron chi connectivity index (χ3n) is 4.18. The Kier molecular flexibility index (Phi) is 5.61. The molecule has 128 valence electrons. The van der Waals surface area contributed by atoms with E-state index in [0.717, 1.165) is 36.5 Å². The maximum absolute atomic E-state index is 13.4. The lowest BCUT2D eigenvalue weighted by Gasteiger charge is -2.25. The Bertz CT molecular complexity index is 675. The van der Waals surface area contributed by atoms with Gasteiger partial charge >= 0.3 is 0 Å². The van der Waals surface area contributed by atoms with Crippen molar-refractivity contribution in [1.29, 1.82) is 0 Å². The summed E-state index contributed by atoms with van der Waals surface area (Å²) in [5.41, 5.74) is 0.270. The predicted molar refractivity (Wildman–Crippen MR) is 96.3 cm³/mol. The normalized spacial score (nSPS) is 20.2. The molecular formula is C17H18BrFN2O2S. The average molecular weight is 413 g/mol. The Balaban J connectivity index is 1.60. The van der Waals surface area contributed by atoms with Gasteiger partial charge in [0.2, 0.25) is 0 Å². The Hall–Kier alpha value is -1.34. The molecule has 0 aliphatic carbocycles. The monoisotopic (exact) mass is 412 g/mol. The number of nitrogens with zero attached hydrogens (tertiary/aromatic N) is 1. The Morgan fingerprint density at radius 3 is 2.92 bits per heavy atom. The number of hydrogen-bond acceptors (Lipinski definition) is 3. The fraction of sp³-hybridized carbons (Fsp3) is 0.412. The second-order valence-corrected chi connectivity index (χ2v) is 7.92. The molecule has 7 heteroatoms. The standard InChI is InChI=1S/C17H18BrFN2O2S/c18-12-7-11(8-13(19)9-12)16(22)20-10-14-3-1-5-21(14)17(23)15-4-2-6-24-15/h4,7-9,14H,1-3,5-6,10H2,(H,20,22). The van der Waals surface area contributed by atoms with Gasteiger partial charge in [0.15, 0.2) is 0 Å². The zero-order valence-corrected chi connectivity index (χ0v) is 15.5. The zero-order valence-electron chi connectivity index (χ0n) is 13.1. The van der Waals surface area contributed by atoms with Crippen molar-refractivity contribution in [2.75, 3.05) is 18.8 Å². The highest BCUT2D eigenvalue weighted by Crippen LogP contribution is 2.29. The predicted octanol–water partition coefficient (Wildman–Crippen LogP) is 3.33. The molecule has 0 radical (unpaired) electrons. The molecule has 1 fully saturated rings. The minimum atomic E-state index is -0.461. The van der Waals surface area contributed by atoms with Crippen LogP contribution in [0, 0.1) is 5.82 Å². The molecular weight excluding hydrogens is 395 g/mol. The van der Waals surface area contributed by atoms with Crippen LogP contribution in [-0.4, -0.2) is 41.6 Å². The highest BCUT2D eigenvalue weighted by molar-refractivity contribution is 9.10. The molecule has 1 aromatic carbocycles. The number of benzene rings is 1. The van der Waals surface area contributed by atoms with Crippen LogP contribution in [0.4, 0.5) is 4.39 Å². The molecule has 2 amide bonds. The number of carbonyl (C=O) groups excluding carboxylic acids is 2. The maximum atomic E-state index is 13.4. The zero-order chi connectivity index (χ0) is 17.1. The van der Waals surface area contributed by atoms with Crippen LogP contribution in [0.1, 0.15) is 29.6 Å². The number of allylic oxidation sites excluding steroid dienone is 1. The van der Waals surface area contributed by atoms with Crippen molar-refractivity contribution in [3.05, 3.63) is 45.0 Å². The Morgan fingerprint density at radius 2 is 2.21 bits per heavy atom. The van der Waals surface area contributed by atoms with Gasteiger partial charge in [-0.3, -0.25) is 9.59 Å². The van der Waals surface area contributed by atoms with Crippen LogP contribution >= 0.6 is 27.7 Å². The molecule has 1 aromatic rings. The molecule has 1 N–H and O–H groups in total. The summed E-state index contributed by atoms with van der Waals surface area (Å²) in [5, 5.41) is 2.82. The molecule has 1 unspecified atom stereocenters. The Morgan fingerprint density at radius 1 is 1.38 bits per heavy atom. The molecule has 0 aromatic heterocycles. The second-order valence-electron chi connectivity index (χ2n) is 5.87. The van der Waals surface area contributed by atoms with Crippen LogP contribution in [0.15, 0.2) is 33.7 Å². The van der Waals surface area contributed by atoms with E-state index in [2.05, 4.69) is 21.2 Å². The van der Waals surface area contributed by atoms with Gasteiger partial charge in [0.1, 0.15) is 5.82 Å². The van der Waals surface area contributed by atoms with E-state index in [1.165, 1.54) is 12.1 Å². The summed E-state index contributed by atoms with van der Waals surface area (Å²) < 4.78 is 13.9. The first-order valence-corrected chi connectivity index (χ1v) is 9.70. The summed E-state index contributed by atoms with van der Waals surface area (Å²) in [4.78, 5) is 27.4. The summed E-state index contributed by atoms with van der Waals surface area (Å²) in [7, 11) is 0. The van der Waals surface area contributed by atoms with Crippen molar-refractivity contribution in [2.24, 2.45) is 0 Å². The van der Waals surface area contributed by atoms with Crippen LogP contribution in [0.5, 0.6) is 0 Å². The average Bonchev–Trinajstić information content (AvgIpc) is 3.22. The van der Waals surface area contributed by atoms with Gasteiger partial charge in [0.25, 0.3) is 11.8 Å². The molecule has 1 atom stereocenters. The molecule has 24 heavy (non-hydrogen) atoms. The van der Waals surface area contributed by atoms with E-state index in [1.807, 2.05) is 11.0 Å². The third-order valence-corrected chi connectivity index (χ3v) is 5.73. The lowest BCUT2D eigenvalue weighted by Crippen LogP contribution is -2.43. The minimum absolute atomic E-state index is 0.000509. The van der Waals surface area contributed by atoms with Crippen LogP contribution in [0.25, 0.3) is 0 Å². The fourth-order valence-electron chi connectivity index (χ4n) is 3.02. The van der Waals surface area contributed by atoms with E-state index in [4.69, 9.17) is 0 Å². The molecule has 1 saturated heterocycles. The van der Waals surface area contributed by atoms with Crippen LogP contribution in [0.2, 0.25) is 0 Å². The molecule has 0 spiro atoms. The first kappa shape index (κ1) is 17.5. The minimum Gasteiger partial charge on any atom is -0.350 e. The van der Waals surface area contributed by atoms with E-state index in [0.29, 0.717) is 11.0 Å². The number of rotatable bonds is 4. The molecule has 2 aliphatic heterocycles. The van der Waals surface area contributed by atoms with E-state index in [1.54, 1.807) is 17.8 Å². The summed E-state index contributed by atoms with van der Waals surface area (Å²) >= 11 is 4.78. The van der Waals surface area contributed by atoms with Gasteiger partial charge in [-0.25, -0.2) is 4.39 Å². The summed E-state index contributed by atoms with van der Waals surface area (Å²) in [6.45, 7) is 1.11. The number of amides is 2. The van der Waals surface area contributed by atoms with Crippen molar-refractivity contribution >= 4 is 39.5 Å². The summed E-state index contributed by atoms with van der Waals surface area (Å²) in [6.07, 6.45) is 4.74. The first-order chi connectivity index (χ1) is 11.5. The van der Waals surface area contributed by atoms with Crippen molar-refractivity contribution in [3.63, 3.8) is 0 Å². The van der Waals surface area contributed by atoms with Crippen molar-refractivity contribution < 1.29 is 14.0 Å². The van der Waals surface area contributed by atoms with Gasteiger partial charge < -0.3 is 10.2 Å². The molecule has 2 heterocycles. The smallest absolute Gasteiger partial charge is 0.260 e. The van der Waals surface area contributed by atoms with Gasteiger partial charge in [-0.2, -0.15) is 0 Å². The largest absolute Gasteiger partial charge is 0.350 e. The van der Waals surface area contributed by atoms with Crippen LogP contribution in [0.3, 0.4) is 0 Å². The molecule has 2 aliphatic rings. The van der Waals surface area contributed by atoms with E-state index < -0.39 is 5.82 Å². The molecule has 3 rings (SSSR count). The quantitative estimate of drug-likeness (QED) is 0.824. The summed E-state index contributed by atoms with van der Waals surface area (Å²) in [5.74, 6) is 0.245. The molecule has 4 nitrogen and oxygen atoms in total. The van der Waals surface area contributed by atoms with Gasteiger partial charge in [-0.15, -0.1) is 11.8 Å². The van der Waals surface area contributed by atoms with Crippen molar-refractivity contribution in [3.8, 4) is 0 Å². The number of hydrogen-bond donors (Lipinski definition) is 1. The summed E-state index contributed by atoms with van der Waals surface area (Å²) in [6, 6.07) is 4.09. The van der Waals surface area contributed by atoms with Gasteiger partial charge in [-0.1, -0.05) is 22.0 Å². The highest BCUT2D eigenvalue weighted by Gasteiger charge is 2.31. The second kappa shape index (κ2) is 7.70. The topological polar surface area (TPSA) is 49.4 Å². The van der Waals surface area contributed by atoms with Crippen LogP contribution < -0.4 is 5.32 Å². The molecule has 0 bridgehead atoms. The van der Waals surface area contributed by atoms with E-state index in [-0.39, 0.29) is 23.4 Å². The highest BCUT2D eigenvalue weighted by atomic mass is 79.9. The first-order valence-electron chi connectivity index (χ1n) is 7.93. The van der Waals surface area contributed by atoms with Gasteiger partial charge in [0, 0.05) is 34.9 Å². The maximum Gasteiger partial charge on any atom is 0.260 e. The number of thioether (sulfide) groups is 1. The number of halogens is 2.